The van der Waals surface area contributed by atoms with E-state index in [4.69, 9.17) is 0 Å². The van der Waals surface area contributed by atoms with E-state index >= 15 is 0 Å². The molecule has 2 aromatic heterocycles. The number of tetrazole rings is 2. The topological polar surface area (TPSA) is 105 Å². The molecule has 0 N–H and O–H groups in total. The van der Waals surface area contributed by atoms with E-state index in [0.29, 0.717) is 10.7 Å². The standard InChI is InChI=1S/2C10H11BrN4O/c2*1-7-4-3-5-9(8(7)6-11)15-10(16)14(2)12-13-15/h2*3-5H,6H2,1-2H3. The third kappa shape index (κ3) is 4.65. The van der Waals surface area contributed by atoms with E-state index in [2.05, 4.69) is 52.7 Å². The van der Waals surface area contributed by atoms with Crippen LogP contribution >= 0.6 is 31.9 Å². The zero-order valence-electron chi connectivity index (χ0n) is 18.0. The highest BCUT2D eigenvalue weighted by atomic mass is 79.9. The van der Waals surface area contributed by atoms with Crippen molar-refractivity contribution in [1.29, 1.82) is 0 Å². The molecule has 0 spiro atoms. The van der Waals surface area contributed by atoms with Gasteiger partial charge in [0.15, 0.2) is 0 Å². The smallest absolute Gasteiger partial charge is 0.244 e. The van der Waals surface area contributed by atoms with Crippen LogP contribution in [0.25, 0.3) is 11.4 Å². The molecule has 32 heavy (non-hydrogen) atoms. The average Bonchev–Trinajstić information content (AvgIpc) is 3.29. The first-order valence-electron chi connectivity index (χ1n) is 9.57. The zero-order valence-corrected chi connectivity index (χ0v) is 21.2. The van der Waals surface area contributed by atoms with Crippen LogP contribution in [0.5, 0.6) is 0 Å². The van der Waals surface area contributed by atoms with Crippen LogP contribution in [0.15, 0.2) is 46.0 Å². The number of aromatic nitrogens is 8. The second kappa shape index (κ2) is 10.2. The average molecular weight is 566 g/mol. The lowest BCUT2D eigenvalue weighted by Gasteiger charge is -2.07. The fourth-order valence-corrected chi connectivity index (χ4v) is 4.51. The molecule has 0 amide bonds. The van der Waals surface area contributed by atoms with E-state index in [0.717, 1.165) is 33.6 Å². The number of hydrogen-bond donors (Lipinski definition) is 0. The Bertz CT molecular complexity index is 1250. The third-order valence-corrected chi connectivity index (χ3v) is 6.06. The van der Waals surface area contributed by atoms with Crippen molar-refractivity contribution in [1.82, 2.24) is 39.6 Å². The molecular weight excluding hydrogens is 544 g/mol. The van der Waals surface area contributed by atoms with Crippen LogP contribution in [0.3, 0.4) is 0 Å². The van der Waals surface area contributed by atoms with E-state index in [-0.39, 0.29) is 11.4 Å². The number of aryl methyl sites for hydroxylation is 4. The molecule has 10 nitrogen and oxygen atoms in total. The van der Waals surface area contributed by atoms with Crippen molar-refractivity contribution in [3.63, 3.8) is 0 Å². The minimum atomic E-state index is -0.243. The molecule has 0 fully saturated rings. The largest absolute Gasteiger partial charge is 0.368 e. The van der Waals surface area contributed by atoms with Crippen molar-refractivity contribution in [2.75, 3.05) is 0 Å². The van der Waals surface area contributed by atoms with Gasteiger partial charge in [-0.05, 0) is 69.1 Å². The first-order valence-corrected chi connectivity index (χ1v) is 11.8. The summed E-state index contributed by atoms with van der Waals surface area (Å²) in [7, 11) is 3.16. The van der Waals surface area contributed by atoms with Gasteiger partial charge in [-0.1, -0.05) is 56.1 Å². The number of nitrogens with zero attached hydrogens (tertiary/aromatic N) is 8. The third-order valence-electron chi connectivity index (χ3n) is 4.94. The monoisotopic (exact) mass is 564 g/mol. The summed E-state index contributed by atoms with van der Waals surface area (Å²) in [6.07, 6.45) is 0. The Hall–Kier alpha value is -2.86. The van der Waals surface area contributed by atoms with Gasteiger partial charge in [0.1, 0.15) is 0 Å². The first-order chi connectivity index (χ1) is 15.3. The van der Waals surface area contributed by atoms with Crippen LogP contribution in [0, 0.1) is 13.8 Å². The Labute approximate surface area is 200 Å². The first kappa shape index (κ1) is 23.8. The number of hydrogen-bond acceptors (Lipinski definition) is 6. The van der Waals surface area contributed by atoms with Gasteiger partial charge in [-0.3, -0.25) is 0 Å². The van der Waals surface area contributed by atoms with Gasteiger partial charge in [-0.25, -0.2) is 9.59 Å². The molecule has 12 heteroatoms. The molecule has 0 saturated heterocycles. The fourth-order valence-electron chi connectivity index (χ4n) is 3.05. The molecule has 0 aliphatic carbocycles. The Kier molecular flexibility index (Phi) is 7.56. The normalized spacial score (nSPS) is 10.7. The highest BCUT2D eigenvalue weighted by Gasteiger charge is 2.12. The van der Waals surface area contributed by atoms with E-state index in [1.165, 1.54) is 18.7 Å². The zero-order chi connectivity index (χ0) is 23.4. The minimum absolute atomic E-state index is 0.243. The highest BCUT2D eigenvalue weighted by molar-refractivity contribution is 9.08. The van der Waals surface area contributed by atoms with Crippen LogP contribution in [0.1, 0.15) is 22.3 Å². The van der Waals surface area contributed by atoms with Crippen LogP contribution in [0.4, 0.5) is 0 Å². The van der Waals surface area contributed by atoms with Crippen LogP contribution in [-0.2, 0) is 24.8 Å². The Morgan fingerprint density at radius 3 is 1.34 bits per heavy atom. The maximum atomic E-state index is 11.7. The van der Waals surface area contributed by atoms with E-state index in [1.807, 2.05) is 50.2 Å². The van der Waals surface area contributed by atoms with E-state index < -0.39 is 0 Å². The van der Waals surface area contributed by atoms with Gasteiger partial charge >= 0.3 is 11.4 Å². The van der Waals surface area contributed by atoms with Gasteiger partial charge < -0.3 is 0 Å². The molecule has 0 bridgehead atoms. The minimum Gasteiger partial charge on any atom is -0.244 e. The number of halogens is 2. The number of benzene rings is 2. The molecule has 0 aliphatic rings. The summed E-state index contributed by atoms with van der Waals surface area (Å²) < 4.78 is 5.04. The molecular formula is C20H22Br2N8O2. The van der Waals surface area contributed by atoms with Crippen LogP contribution < -0.4 is 11.4 Å². The molecule has 168 valence electrons. The molecule has 4 rings (SSSR count). The molecule has 4 aromatic rings. The molecule has 0 aliphatic heterocycles. The fraction of sp³-hybridized carbons (Fsp3) is 0.300. The summed E-state index contributed by atoms with van der Waals surface area (Å²) in [6.45, 7) is 4.00. The summed E-state index contributed by atoms with van der Waals surface area (Å²) >= 11 is 6.83. The Balaban J connectivity index is 0.000000181. The number of rotatable bonds is 4. The molecule has 0 radical (unpaired) electrons. The van der Waals surface area contributed by atoms with E-state index in [1.54, 1.807) is 14.1 Å². The van der Waals surface area contributed by atoms with Gasteiger partial charge in [-0.15, -0.1) is 0 Å². The van der Waals surface area contributed by atoms with Crippen molar-refractivity contribution >= 4 is 31.9 Å². The summed E-state index contributed by atoms with van der Waals surface area (Å²) in [5.74, 6) is 0. The molecule has 0 saturated carbocycles. The van der Waals surface area contributed by atoms with Crippen molar-refractivity contribution in [3.05, 3.63) is 79.6 Å². The Morgan fingerprint density at radius 2 is 1.06 bits per heavy atom. The second-order valence-corrected chi connectivity index (χ2v) is 8.13. The van der Waals surface area contributed by atoms with Crippen molar-refractivity contribution < 1.29 is 0 Å². The molecule has 0 unspecified atom stereocenters. The number of alkyl halides is 2. The van der Waals surface area contributed by atoms with Crippen LogP contribution in [0.2, 0.25) is 0 Å². The maximum absolute atomic E-state index is 11.7. The molecule has 2 heterocycles. The Morgan fingerprint density at radius 1 is 0.688 bits per heavy atom. The second-order valence-electron chi connectivity index (χ2n) is 7.01. The lowest BCUT2D eigenvalue weighted by Crippen LogP contribution is -2.22. The van der Waals surface area contributed by atoms with Crippen molar-refractivity contribution in [2.24, 2.45) is 14.1 Å². The lowest BCUT2D eigenvalue weighted by molar-refractivity contribution is 0.692. The summed E-state index contributed by atoms with van der Waals surface area (Å²) in [5, 5.41) is 16.4. The lowest BCUT2D eigenvalue weighted by atomic mass is 10.1. The van der Waals surface area contributed by atoms with E-state index in [9.17, 15) is 9.59 Å². The van der Waals surface area contributed by atoms with Crippen molar-refractivity contribution in [2.45, 2.75) is 24.5 Å². The van der Waals surface area contributed by atoms with Gasteiger partial charge in [0.2, 0.25) is 0 Å². The molecule has 0 atom stereocenters. The summed E-state index contributed by atoms with van der Waals surface area (Å²) in [6, 6.07) is 11.5. The quantitative estimate of drug-likeness (QED) is 0.352. The highest BCUT2D eigenvalue weighted by Crippen LogP contribution is 2.20. The van der Waals surface area contributed by atoms with Gasteiger partial charge in [0.25, 0.3) is 0 Å². The SMILES string of the molecule is Cc1cccc(-n2nnn(C)c2=O)c1CBr.Cc1cccc(-n2nnn(C)c2=O)c1CBr. The summed E-state index contributed by atoms with van der Waals surface area (Å²) in [5.41, 5.74) is 5.39. The van der Waals surface area contributed by atoms with Gasteiger partial charge in [-0.2, -0.15) is 18.7 Å². The van der Waals surface area contributed by atoms with Gasteiger partial charge in [0.05, 0.1) is 11.4 Å². The van der Waals surface area contributed by atoms with Gasteiger partial charge in [0, 0.05) is 24.8 Å². The summed E-state index contributed by atoms with van der Waals surface area (Å²) in [4.78, 5) is 23.5. The predicted molar refractivity (Wildman–Crippen MR) is 128 cm³/mol. The predicted octanol–water partition coefficient (Wildman–Crippen LogP) is 2.34. The maximum Gasteiger partial charge on any atom is 0.368 e. The van der Waals surface area contributed by atoms with Crippen molar-refractivity contribution in [3.8, 4) is 11.4 Å². The van der Waals surface area contributed by atoms with Crippen LogP contribution in [-0.4, -0.2) is 39.6 Å². The molecule has 2 aromatic carbocycles.